The van der Waals surface area contributed by atoms with Crippen LogP contribution >= 0.6 is 23.1 Å². The molecule has 1 aromatic carbocycles. The largest absolute Gasteiger partial charge is 0.301 e. The van der Waals surface area contributed by atoms with E-state index < -0.39 is 0 Å². The summed E-state index contributed by atoms with van der Waals surface area (Å²) < 4.78 is 0. The molecule has 3 rings (SSSR count). The van der Waals surface area contributed by atoms with Crippen LogP contribution in [0.3, 0.4) is 0 Å². The molecule has 2 heterocycles. The first-order valence-corrected chi connectivity index (χ1v) is 9.50. The normalized spacial score (nSPS) is 10.6. The van der Waals surface area contributed by atoms with Crippen LogP contribution in [-0.4, -0.2) is 21.6 Å². The average Bonchev–Trinajstić information content (AvgIpc) is 3.00. The van der Waals surface area contributed by atoms with E-state index in [1.807, 2.05) is 44.4 Å². The number of anilines is 1. The molecule has 2 aromatic heterocycles. The molecule has 0 saturated heterocycles. The molecule has 1 N–H and O–H groups in total. The number of benzene rings is 1. The van der Waals surface area contributed by atoms with Gasteiger partial charge in [0.05, 0.1) is 22.5 Å². The molecular weight excluding hydrogens is 352 g/mol. The number of nitrogens with one attached hydrogen (secondary N) is 1. The summed E-state index contributed by atoms with van der Waals surface area (Å²) in [6.45, 7) is 5.87. The molecule has 0 radical (unpaired) electrons. The number of thioether (sulfide) groups is 1. The Morgan fingerprint density at radius 3 is 2.72 bits per heavy atom. The molecule has 0 unspecified atom stereocenters. The van der Waals surface area contributed by atoms with Crippen LogP contribution in [0.5, 0.6) is 0 Å². The molecule has 7 heteroatoms. The Morgan fingerprint density at radius 1 is 1.28 bits per heavy atom. The van der Waals surface area contributed by atoms with Gasteiger partial charge in [-0.05, 0) is 38.0 Å². The summed E-state index contributed by atoms with van der Waals surface area (Å²) in [5.74, 6) is 0.0162. The highest BCUT2D eigenvalue weighted by atomic mass is 32.2. The lowest BCUT2D eigenvalue weighted by Gasteiger charge is -2.09. The lowest BCUT2D eigenvalue weighted by Crippen LogP contribution is -2.14. The molecule has 3 aromatic rings. The van der Waals surface area contributed by atoms with Crippen molar-refractivity contribution in [3.8, 4) is 6.07 Å². The van der Waals surface area contributed by atoms with Gasteiger partial charge in [-0.3, -0.25) is 4.79 Å². The van der Waals surface area contributed by atoms with Gasteiger partial charge in [0, 0.05) is 10.8 Å². The Kier molecular flexibility index (Phi) is 5.02. The summed E-state index contributed by atoms with van der Waals surface area (Å²) in [5.41, 5.74) is 4.37. The van der Waals surface area contributed by atoms with Crippen molar-refractivity contribution in [2.75, 3.05) is 11.1 Å². The van der Waals surface area contributed by atoms with Crippen LogP contribution in [0, 0.1) is 32.1 Å². The monoisotopic (exact) mass is 368 g/mol. The Morgan fingerprint density at radius 2 is 2.04 bits per heavy atom. The van der Waals surface area contributed by atoms with E-state index in [2.05, 4.69) is 21.4 Å². The molecule has 0 spiro atoms. The van der Waals surface area contributed by atoms with Gasteiger partial charge in [-0.15, -0.1) is 11.3 Å². The highest BCUT2D eigenvalue weighted by molar-refractivity contribution is 8.00. The summed E-state index contributed by atoms with van der Waals surface area (Å²) in [7, 11) is 0. The fourth-order valence-corrected chi connectivity index (χ4v) is 3.87. The average molecular weight is 368 g/mol. The SMILES string of the molecule is Cc1csc(NC(=O)CSc2nc3c(C)ccc(C)c3cc2C#N)n1. The van der Waals surface area contributed by atoms with Gasteiger partial charge in [0.2, 0.25) is 5.91 Å². The van der Waals surface area contributed by atoms with Gasteiger partial charge in [0.15, 0.2) is 5.13 Å². The Balaban J connectivity index is 1.82. The van der Waals surface area contributed by atoms with E-state index in [0.29, 0.717) is 15.7 Å². The molecule has 0 bridgehead atoms. The van der Waals surface area contributed by atoms with E-state index in [1.54, 1.807) is 0 Å². The minimum atomic E-state index is -0.161. The second-order valence-corrected chi connectivity index (χ2v) is 7.50. The number of carbonyl (C=O) groups is 1. The molecule has 0 aliphatic carbocycles. The van der Waals surface area contributed by atoms with Crippen molar-refractivity contribution < 1.29 is 4.79 Å². The number of nitriles is 1. The van der Waals surface area contributed by atoms with E-state index in [4.69, 9.17) is 0 Å². The number of rotatable bonds is 4. The standard InChI is InChI=1S/C18H16N4OS2/c1-10-4-5-11(2)16-14(10)6-13(7-19)17(22-16)24-9-15(23)21-18-20-12(3)8-25-18/h4-6,8H,9H2,1-3H3,(H,20,21,23). The van der Waals surface area contributed by atoms with E-state index in [1.165, 1.54) is 23.1 Å². The smallest absolute Gasteiger partial charge is 0.236 e. The molecule has 126 valence electrons. The first kappa shape index (κ1) is 17.4. The van der Waals surface area contributed by atoms with Gasteiger partial charge < -0.3 is 5.32 Å². The molecule has 1 amide bonds. The van der Waals surface area contributed by atoms with Gasteiger partial charge >= 0.3 is 0 Å². The number of pyridine rings is 1. The molecule has 0 saturated carbocycles. The van der Waals surface area contributed by atoms with Crippen LogP contribution in [-0.2, 0) is 4.79 Å². The molecule has 25 heavy (non-hydrogen) atoms. The topological polar surface area (TPSA) is 78.7 Å². The fraction of sp³-hybridized carbons (Fsp3) is 0.222. The summed E-state index contributed by atoms with van der Waals surface area (Å²) in [5, 5.41) is 16.2. The van der Waals surface area contributed by atoms with Crippen LogP contribution in [0.25, 0.3) is 10.9 Å². The number of amides is 1. The van der Waals surface area contributed by atoms with Gasteiger partial charge in [-0.1, -0.05) is 23.9 Å². The first-order valence-electron chi connectivity index (χ1n) is 7.64. The van der Waals surface area contributed by atoms with Crippen LogP contribution in [0.4, 0.5) is 5.13 Å². The van der Waals surface area contributed by atoms with Crippen molar-refractivity contribution >= 4 is 45.0 Å². The highest BCUT2D eigenvalue weighted by Gasteiger charge is 2.13. The predicted molar refractivity (Wildman–Crippen MR) is 102 cm³/mol. The number of aromatic nitrogens is 2. The quantitative estimate of drug-likeness (QED) is 0.698. The zero-order chi connectivity index (χ0) is 18.0. The van der Waals surface area contributed by atoms with Crippen LogP contribution in [0.1, 0.15) is 22.4 Å². The maximum absolute atomic E-state index is 12.1. The Bertz CT molecular complexity index is 1000. The van der Waals surface area contributed by atoms with E-state index in [-0.39, 0.29) is 11.7 Å². The molecule has 0 aliphatic rings. The lowest BCUT2D eigenvalue weighted by molar-refractivity contribution is -0.113. The van der Waals surface area contributed by atoms with Crippen LogP contribution in [0.15, 0.2) is 28.6 Å². The van der Waals surface area contributed by atoms with Crippen molar-refractivity contribution in [3.05, 3.63) is 46.0 Å². The maximum atomic E-state index is 12.1. The Hall–Kier alpha value is -2.43. The summed E-state index contributed by atoms with van der Waals surface area (Å²) in [4.78, 5) is 21.0. The fourth-order valence-electron chi connectivity index (χ4n) is 2.41. The minimum absolute atomic E-state index is 0.161. The number of thiazole rings is 1. The third-order valence-electron chi connectivity index (χ3n) is 3.70. The van der Waals surface area contributed by atoms with Crippen molar-refractivity contribution in [2.24, 2.45) is 0 Å². The second kappa shape index (κ2) is 7.21. The van der Waals surface area contributed by atoms with E-state index in [0.717, 1.165) is 27.7 Å². The third-order valence-corrected chi connectivity index (χ3v) is 5.56. The van der Waals surface area contributed by atoms with E-state index >= 15 is 0 Å². The Labute approximate surface area is 154 Å². The summed E-state index contributed by atoms with van der Waals surface area (Å²) in [6.07, 6.45) is 0. The number of nitrogens with zero attached hydrogens (tertiary/aromatic N) is 3. The zero-order valence-electron chi connectivity index (χ0n) is 14.1. The van der Waals surface area contributed by atoms with Gasteiger partial charge in [0.25, 0.3) is 0 Å². The molecule has 0 aliphatic heterocycles. The zero-order valence-corrected chi connectivity index (χ0v) is 15.7. The minimum Gasteiger partial charge on any atom is -0.301 e. The number of fused-ring (bicyclic) bond motifs is 1. The maximum Gasteiger partial charge on any atom is 0.236 e. The van der Waals surface area contributed by atoms with Crippen molar-refractivity contribution in [1.82, 2.24) is 9.97 Å². The molecule has 0 atom stereocenters. The summed E-state index contributed by atoms with van der Waals surface area (Å²) >= 11 is 2.66. The van der Waals surface area contributed by atoms with Crippen molar-refractivity contribution in [2.45, 2.75) is 25.8 Å². The van der Waals surface area contributed by atoms with E-state index in [9.17, 15) is 10.1 Å². The number of hydrogen-bond acceptors (Lipinski definition) is 6. The lowest BCUT2D eigenvalue weighted by atomic mass is 10.0. The van der Waals surface area contributed by atoms with Crippen molar-refractivity contribution in [3.63, 3.8) is 0 Å². The van der Waals surface area contributed by atoms with Gasteiger partial charge in [-0.25, -0.2) is 9.97 Å². The van der Waals surface area contributed by atoms with Gasteiger partial charge in [-0.2, -0.15) is 5.26 Å². The molecule has 5 nitrogen and oxygen atoms in total. The van der Waals surface area contributed by atoms with Crippen LogP contribution in [0.2, 0.25) is 0 Å². The number of hydrogen-bond donors (Lipinski definition) is 1. The highest BCUT2D eigenvalue weighted by Crippen LogP contribution is 2.28. The van der Waals surface area contributed by atoms with Crippen LogP contribution < -0.4 is 5.32 Å². The molecular formula is C18H16N4OS2. The van der Waals surface area contributed by atoms with Gasteiger partial charge in [0.1, 0.15) is 11.1 Å². The second-order valence-electron chi connectivity index (χ2n) is 5.68. The summed E-state index contributed by atoms with van der Waals surface area (Å²) in [6, 6.07) is 8.08. The van der Waals surface area contributed by atoms with Crippen molar-refractivity contribution in [1.29, 1.82) is 5.26 Å². The molecule has 0 fully saturated rings. The first-order chi connectivity index (χ1) is 12.0. The third kappa shape index (κ3) is 3.81. The predicted octanol–water partition coefficient (Wildman–Crippen LogP) is 4.22. The number of carbonyl (C=O) groups excluding carboxylic acids is 1. The number of aryl methyl sites for hydroxylation is 3.